The molecule has 1 heterocycles. The molecule has 3 aromatic carbocycles. The van der Waals surface area contributed by atoms with E-state index in [2.05, 4.69) is 22.5 Å². The Kier molecular flexibility index (Phi) is 7.02. The summed E-state index contributed by atoms with van der Waals surface area (Å²) in [7, 11) is 0. The summed E-state index contributed by atoms with van der Waals surface area (Å²) in [5.74, 6) is 0.0237. The third-order valence-corrected chi connectivity index (χ3v) is 5.40. The Morgan fingerprint density at radius 1 is 1.11 bits per heavy atom. The number of hydrogen-bond donors (Lipinski definition) is 2. The molecule has 2 N–H and O–H groups in total. The first kappa shape index (κ1) is 23.8. The highest BCUT2D eigenvalue weighted by Crippen LogP contribution is 2.28. The van der Waals surface area contributed by atoms with E-state index in [0.717, 1.165) is 29.2 Å². The molecule has 10 heteroatoms. The molecule has 178 valence electrons. The second-order valence-electron chi connectivity index (χ2n) is 7.53. The second kappa shape index (κ2) is 10.3. The van der Waals surface area contributed by atoms with Gasteiger partial charge in [-0.25, -0.2) is 4.98 Å². The second-order valence-corrected chi connectivity index (χ2v) is 7.94. The van der Waals surface area contributed by atoms with Crippen LogP contribution in [0.3, 0.4) is 0 Å². The fourth-order valence-electron chi connectivity index (χ4n) is 3.43. The smallest absolute Gasteiger partial charge is 0.311 e. The fourth-order valence-corrected chi connectivity index (χ4v) is 3.64. The topological polar surface area (TPSA) is 120 Å². The van der Waals surface area contributed by atoms with Crippen LogP contribution in [0.5, 0.6) is 5.75 Å². The van der Waals surface area contributed by atoms with Gasteiger partial charge in [0.2, 0.25) is 5.89 Å². The normalized spacial score (nSPS) is 10.7. The number of nitrogens with zero attached hydrogens (tertiary/aromatic N) is 2. The van der Waals surface area contributed by atoms with Gasteiger partial charge < -0.3 is 14.5 Å². The molecule has 0 aliphatic carbocycles. The largest absolute Gasteiger partial charge is 0.487 e. The maximum Gasteiger partial charge on any atom is 0.311 e. The van der Waals surface area contributed by atoms with E-state index in [-0.39, 0.29) is 28.7 Å². The van der Waals surface area contributed by atoms with E-state index >= 15 is 0 Å². The maximum absolute atomic E-state index is 12.5. The zero-order chi connectivity index (χ0) is 24.9. The first-order valence-corrected chi connectivity index (χ1v) is 11.3. The molecule has 0 saturated carbocycles. The Hall–Kier alpha value is -4.31. The molecular weight excluding hydrogens is 468 g/mol. The predicted octanol–water partition coefficient (Wildman–Crippen LogP) is 5.49. The van der Waals surface area contributed by atoms with Crippen LogP contribution < -0.4 is 15.4 Å². The van der Waals surface area contributed by atoms with Crippen LogP contribution in [0.4, 0.5) is 11.4 Å². The van der Waals surface area contributed by atoms with Crippen molar-refractivity contribution in [3.05, 3.63) is 81.9 Å². The highest BCUT2D eigenvalue weighted by Gasteiger charge is 2.19. The van der Waals surface area contributed by atoms with Gasteiger partial charge in [0.1, 0.15) is 5.52 Å². The number of rotatable bonds is 7. The molecule has 0 aliphatic heterocycles. The van der Waals surface area contributed by atoms with Gasteiger partial charge in [0.05, 0.1) is 11.5 Å². The van der Waals surface area contributed by atoms with Crippen LogP contribution >= 0.6 is 12.2 Å². The van der Waals surface area contributed by atoms with E-state index in [4.69, 9.17) is 21.4 Å². The number of nitro groups is 1. The van der Waals surface area contributed by atoms with Crippen molar-refractivity contribution in [2.24, 2.45) is 0 Å². The molecule has 0 fully saturated rings. The van der Waals surface area contributed by atoms with Gasteiger partial charge in [-0.05, 0) is 79.7 Å². The SMILES string of the molecule is CCOc1ccc(C(=O)NC(=S)Nc2ccc(-c3nc4cc(CC)ccc4o3)cc2)cc1[N+](=O)[O-]. The number of anilines is 1. The number of aryl methyl sites for hydroxylation is 1. The van der Waals surface area contributed by atoms with Crippen LogP contribution in [0.2, 0.25) is 0 Å². The number of benzene rings is 3. The molecule has 0 aliphatic rings. The summed E-state index contributed by atoms with van der Waals surface area (Å²) >= 11 is 5.23. The first-order valence-electron chi connectivity index (χ1n) is 10.9. The molecule has 4 aromatic rings. The highest BCUT2D eigenvalue weighted by atomic mass is 32.1. The fraction of sp³-hybridized carbons (Fsp3) is 0.160. The molecule has 4 rings (SSSR count). The molecule has 0 spiro atoms. The van der Waals surface area contributed by atoms with Gasteiger partial charge in [0.15, 0.2) is 16.4 Å². The van der Waals surface area contributed by atoms with E-state index in [1.165, 1.54) is 17.7 Å². The summed E-state index contributed by atoms with van der Waals surface area (Å²) in [5, 5.41) is 16.8. The third-order valence-electron chi connectivity index (χ3n) is 5.19. The number of nitro benzene ring substituents is 1. The van der Waals surface area contributed by atoms with Crippen molar-refractivity contribution in [1.82, 2.24) is 10.3 Å². The number of hydrogen-bond acceptors (Lipinski definition) is 7. The minimum Gasteiger partial charge on any atom is -0.487 e. The lowest BCUT2D eigenvalue weighted by atomic mass is 10.1. The van der Waals surface area contributed by atoms with Gasteiger partial charge in [0, 0.05) is 22.9 Å². The number of carbonyl (C=O) groups is 1. The Morgan fingerprint density at radius 3 is 2.57 bits per heavy atom. The monoisotopic (exact) mass is 490 g/mol. The molecule has 0 unspecified atom stereocenters. The Bertz CT molecular complexity index is 1420. The number of thiocarbonyl (C=S) groups is 1. The lowest BCUT2D eigenvalue weighted by Gasteiger charge is -2.10. The summed E-state index contributed by atoms with van der Waals surface area (Å²) in [6.07, 6.45) is 0.921. The van der Waals surface area contributed by atoms with E-state index in [9.17, 15) is 14.9 Å². The molecular formula is C25H22N4O5S. The van der Waals surface area contributed by atoms with Gasteiger partial charge in [-0.1, -0.05) is 13.0 Å². The molecule has 35 heavy (non-hydrogen) atoms. The summed E-state index contributed by atoms with van der Waals surface area (Å²) in [4.78, 5) is 27.8. The molecule has 0 saturated heterocycles. The van der Waals surface area contributed by atoms with Gasteiger partial charge in [-0.2, -0.15) is 0 Å². The predicted molar refractivity (Wildman–Crippen MR) is 137 cm³/mol. The summed E-state index contributed by atoms with van der Waals surface area (Å²) < 4.78 is 11.1. The zero-order valence-electron chi connectivity index (χ0n) is 19.0. The number of fused-ring (bicyclic) bond motifs is 1. The van der Waals surface area contributed by atoms with Crippen LogP contribution in [-0.4, -0.2) is 27.5 Å². The number of carbonyl (C=O) groups excluding carboxylic acids is 1. The van der Waals surface area contributed by atoms with Crippen molar-refractivity contribution < 1.29 is 18.9 Å². The molecule has 1 aromatic heterocycles. The van der Waals surface area contributed by atoms with E-state index in [1.807, 2.05) is 30.3 Å². The summed E-state index contributed by atoms with van der Waals surface area (Å²) in [5.41, 5.74) is 3.94. The standard InChI is InChI=1S/C25H22N4O5S/c1-3-15-5-11-21-19(13-15)27-24(34-21)16-6-9-18(10-7-16)26-25(35)28-23(30)17-8-12-22(33-4-2)20(14-17)29(31)32/h5-14H,3-4H2,1-2H3,(H2,26,28,30,35). The lowest BCUT2D eigenvalue weighted by Crippen LogP contribution is -2.34. The van der Waals surface area contributed by atoms with E-state index in [1.54, 1.807) is 19.1 Å². The van der Waals surface area contributed by atoms with E-state index < -0.39 is 10.8 Å². The number of oxazole rings is 1. The van der Waals surface area contributed by atoms with Gasteiger partial charge in [0.25, 0.3) is 5.91 Å². The van der Waals surface area contributed by atoms with Crippen molar-refractivity contribution in [2.75, 3.05) is 11.9 Å². The Balaban J connectivity index is 1.42. The van der Waals surface area contributed by atoms with Crippen LogP contribution in [0.15, 0.2) is 65.1 Å². The number of amides is 1. The average Bonchev–Trinajstić information content (AvgIpc) is 3.28. The molecule has 9 nitrogen and oxygen atoms in total. The highest BCUT2D eigenvalue weighted by molar-refractivity contribution is 7.80. The Labute approximate surface area is 206 Å². The molecule has 1 amide bonds. The van der Waals surface area contributed by atoms with Gasteiger partial charge in [-0.3, -0.25) is 20.2 Å². The molecule has 0 bridgehead atoms. The van der Waals surface area contributed by atoms with E-state index in [0.29, 0.717) is 11.6 Å². The summed E-state index contributed by atoms with van der Waals surface area (Å²) in [6.45, 7) is 4.07. The van der Waals surface area contributed by atoms with Crippen LogP contribution in [0.25, 0.3) is 22.6 Å². The maximum atomic E-state index is 12.5. The zero-order valence-corrected chi connectivity index (χ0v) is 19.8. The minimum absolute atomic E-state index is 0.0493. The number of nitrogens with one attached hydrogen (secondary N) is 2. The van der Waals surface area contributed by atoms with Crippen LogP contribution in [-0.2, 0) is 6.42 Å². The van der Waals surface area contributed by atoms with Gasteiger partial charge >= 0.3 is 5.69 Å². The van der Waals surface area contributed by atoms with Crippen molar-refractivity contribution in [2.45, 2.75) is 20.3 Å². The van der Waals surface area contributed by atoms with Crippen molar-refractivity contribution >= 4 is 45.7 Å². The molecule has 0 atom stereocenters. The van der Waals surface area contributed by atoms with Crippen LogP contribution in [0.1, 0.15) is 29.8 Å². The summed E-state index contributed by atoms with van der Waals surface area (Å²) in [6, 6.07) is 17.1. The third kappa shape index (κ3) is 5.44. The van der Waals surface area contributed by atoms with Crippen molar-refractivity contribution in [3.63, 3.8) is 0 Å². The average molecular weight is 491 g/mol. The molecule has 0 radical (unpaired) electrons. The Morgan fingerprint density at radius 2 is 1.89 bits per heavy atom. The number of aromatic nitrogens is 1. The minimum atomic E-state index is -0.598. The lowest BCUT2D eigenvalue weighted by molar-refractivity contribution is -0.385. The number of ether oxygens (including phenoxy) is 1. The quantitative estimate of drug-likeness (QED) is 0.198. The first-order chi connectivity index (χ1) is 16.9. The van der Waals surface area contributed by atoms with Crippen molar-refractivity contribution in [3.8, 4) is 17.2 Å². The van der Waals surface area contributed by atoms with Crippen LogP contribution in [0, 0.1) is 10.1 Å². The van der Waals surface area contributed by atoms with Gasteiger partial charge in [-0.15, -0.1) is 0 Å². The van der Waals surface area contributed by atoms with Crippen molar-refractivity contribution in [1.29, 1.82) is 0 Å².